The van der Waals surface area contributed by atoms with Crippen molar-refractivity contribution in [1.29, 1.82) is 0 Å². The summed E-state index contributed by atoms with van der Waals surface area (Å²) < 4.78 is 0. The van der Waals surface area contributed by atoms with Crippen LogP contribution < -0.4 is 0 Å². The molecule has 1 spiro atoms. The topological polar surface area (TPSA) is 13.0 Å². The minimum Gasteiger partial charge on any atom is -0.301 e. The Hall–Kier alpha value is -0.160. The predicted molar refractivity (Wildman–Crippen MR) is 119 cm³/mol. The third-order valence-electron chi connectivity index (χ3n) is 8.70. The average molecular weight is 391 g/mol. The van der Waals surface area contributed by atoms with Crippen LogP contribution in [0.15, 0.2) is 0 Å². The minimum absolute atomic E-state index is 0.723. The van der Waals surface area contributed by atoms with Crippen molar-refractivity contribution >= 4 is 0 Å². The predicted octanol–water partition coefficient (Wildman–Crippen LogP) is 3.38. The Labute approximate surface area is 174 Å². The first-order valence-electron chi connectivity index (χ1n) is 12.4. The summed E-state index contributed by atoms with van der Waals surface area (Å²) in [6.07, 6.45) is 8.74. The van der Waals surface area contributed by atoms with E-state index in [0.29, 0.717) is 0 Å². The van der Waals surface area contributed by atoms with Crippen LogP contribution in [0.2, 0.25) is 0 Å². The molecule has 4 aliphatic rings. The van der Waals surface area contributed by atoms with E-state index in [0.717, 1.165) is 29.5 Å². The normalized spacial score (nSPS) is 29.8. The summed E-state index contributed by atoms with van der Waals surface area (Å²) in [7, 11) is 0. The second kappa shape index (κ2) is 8.91. The molecule has 3 heterocycles. The molecule has 3 saturated heterocycles. The van der Waals surface area contributed by atoms with Crippen molar-refractivity contribution in [3.63, 3.8) is 0 Å². The largest absolute Gasteiger partial charge is 0.301 e. The molecule has 0 aromatic rings. The van der Waals surface area contributed by atoms with Crippen LogP contribution in [0.1, 0.15) is 66.2 Å². The van der Waals surface area contributed by atoms with Crippen molar-refractivity contribution in [2.24, 2.45) is 11.3 Å². The highest BCUT2D eigenvalue weighted by atomic mass is 15.3. The molecule has 162 valence electrons. The monoisotopic (exact) mass is 390 g/mol. The van der Waals surface area contributed by atoms with Crippen molar-refractivity contribution in [1.82, 2.24) is 19.6 Å². The molecule has 3 aliphatic heterocycles. The third kappa shape index (κ3) is 4.77. The maximum atomic E-state index is 2.82. The van der Waals surface area contributed by atoms with Gasteiger partial charge in [-0.3, -0.25) is 4.90 Å². The first kappa shape index (κ1) is 21.1. The smallest absolute Gasteiger partial charge is 0.0121 e. The highest BCUT2D eigenvalue weighted by Gasteiger charge is 2.46. The zero-order valence-corrected chi connectivity index (χ0v) is 19.2. The SMILES string of the molecule is CC(C)N1CCC(N2CCN(CC3CC4(CCN(C(C)C)CC4)C3)CC2)CC1. The zero-order chi connectivity index (χ0) is 19.7. The second-order valence-electron chi connectivity index (χ2n) is 11.1. The number of hydrogen-bond donors (Lipinski definition) is 0. The molecule has 0 bridgehead atoms. The molecule has 0 unspecified atom stereocenters. The molecule has 0 N–H and O–H groups in total. The van der Waals surface area contributed by atoms with Gasteiger partial charge < -0.3 is 14.7 Å². The standard InChI is InChI=1S/C24H46N4/c1-20(2)26-9-5-23(6-10-26)28-15-13-25(14-16-28)19-22-17-24(18-22)7-11-27(12-8-24)21(3)4/h20-23H,5-19H2,1-4H3. The van der Waals surface area contributed by atoms with E-state index in [4.69, 9.17) is 0 Å². The second-order valence-corrected chi connectivity index (χ2v) is 11.1. The molecular weight excluding hydrogens is 344 g/mol. The molecule has 0 aromatic carbocycles. The molecule has 28 heavy (non-hydrogen) atoms. The zero-order valence-electron chi connectivity index (χ0n) is 19.2. The molecule has 1 aliphatic carbocycles. The van der Waals surface area contributed by atoms with E-state index in [2.05, 4.69) is 47.3 Å². The fourth-order valence-corrected chi connectivity index (χ4v) is 6.66. The van der Waals surface area contributed by atoms with Crippen molar-refractivity contribution < 1.29 is 0 Å². The molecule has 4 nitrogen and oxygen atoms in total. The molecule has 0 amide bonds. The van der Waals surface area contributed by atoms with Crippen LogP contribution in [0.3, 0.4) is 0 Å². The van der Waals surface area contributed by atoms with Crippen molar-refractivity contribution in [2.45, 2.75) is 84.3 Å². The van der Waals surface area contributed by atoms with Crippen LogP contribution >= 0.6 is 0 Å². The molecule has 4 fully saturated rings. The molecule has 0 atom stereocenters. The summed E-state index contributed by atoms with van der Waals surface area (Å²) in [4.78, 5) is 11.0. The molecule has 0 radical (unpaired) electrons. The van der Waals surface area contributed by atoms with Gasteiger partial charge in [0.05, 0.1) is 0 Å². The van der Waals surface area contributed by atoms with Crippen molar-refractivity contribution in [3.8, 4) is 0 Å². The number of hydrogen-bond acceptors (Lipinski definition) is 4. The van der Waals surface area contributed by atoms with Gasteiger partial charge in [0, 0.05) is 50.8 Å². The average Bonchev–Trinajstić information content (AvgIpc) is 2.68. The first-order valence-corrected chi connectivity index (χ1v) is 12.4. The number of rotatable bonds is 5. The van der Waals surface area contributed by atoms with Gasteiger partial charge in [0.25, 0.3) is 0 Å². The van der Waals surface area contributed by atoms with E-state index >= 15 is 0 Å². The molecular formula is C24H46N4. The quantitative estimate of drug-likeness (QED) is 0.713. The van der Waals surface area contributed by atoms with Crippen LogP contribution in [-0.2, 0) is 0 Å². The van der Waals surface area contributed by atoms with Gasteiger partial charge in [-0.25, -0.2) is 0 Å². The number of likely N-dealkylation sites (tertiary alicyclic amines) is 2. The number of nitrogens with zero attached hydrogens (tertiary/aromatic N) is 4. The Morgan fingerprint density at radius 2 is 1.25 bits per heavy atom. The van der Waals surface area contributed by atoms with Gasteiger partial charge in [-0.1, -0.05) is 0 Å². The summed E-state index contributed by atoms with van der Waals surface area (Å²) in [6, 6.07) is 2.32. The molecule has 1 saturated carbocycles. The van der Waals surface area contributed by atoms with Gasteiger partial charge in [-0.05, 0) is 104 Å². The lowest BCUT2D eigenvalue weighted by molar-refractivity contribution is -0.0387. The van der Waals surface area contributed by atoms with Crippen LogP contribution in [0.4, 0.5) is 0 Å². The Kier molecular flexibility index (Phi) is 6.71. The van der Waals surface area contributed by atoms with Gasteiger partial charge in [-0.15, -0.1) is 0 Å². The van der Waals surface area contributed by atoms with E-state index in [9.17, 15) is 0 Å². The Morgan fingerprint density at radius 1 is 0.714 bits per heavy atom. The van der Waals surface area contributed by atoms with Crippen LogP contribution in [-0.4, -0.2) is 96.6 Å². The highest BCUT2D eigenvalue weighted by Crippen LogP contribution is 2.52. The fraction of sp³-hybridized carbons (Fsp3) is 1.00. The van der Waals surface area contributed by atoms with Gasteiger partial charge >= 0.3 is 0 Å². The Morgan fingerprint density at radius 3 is 1.79 bits per heavy atom. The Bertz CT molecular complexity index is 473. The van der Waals surface area contributed by atoms with E-state index in [1.807, 2.05) is 0 Å². The molecule has 0 aromatic heterocycles. The van der Waals surface area contributed by atoms with Gasteiger partial charge in [0.2, 0.25) is 0 Å². The summed E-state index contributed by atoms with van der Waals surface area (Å²) in [6.45, 7) is 21.3. The number of piperidine rings is 2. The van der Waals surface area contributed by atoms with Crippen molar-refractivity contribution in [3.05, 3.63) is 0 Å². The summed E-state index contributed by atoms with van der Waals surface area (Å²) in [5, 5.41) is 0. The van der Waals surface area contributed by atoms with E-state index in [-0.39, 0.29) is 0 Å². The lowest BCUT2D eigenvalue weighted by Crippen LogP contribution is -2.56. The summed E-state index contributed by atoms with van der Waals surface area (Å²) in [5.74, 6) is 0.992. The van der Waals surface area contributed by atoms with Gasteiger partial charge in [0.15, 0.2) is 0 Å². The van der Waals surface area contributed by atoms with Gasteiger partial charge in [0.1, 0.15) is 0 Å². The van der Waals surface area contributed by atoms with Crippen molar-refractivity contribution in [2.75, 3.05) is 58.9 Å². The fourth-order valence-electron chi connectivity index (χ4n) is 6.66. The maximum Gasteiger partial charge on any atom is 0.0121 e. The Balaban J connectivity index is 1.13. The minimum atomic E-state index is 0.723. The van der Waals surface area contributed by atoms with Crippen LogP contribution in [0, 0.1) is 11.3 Å². The molecule has 4 rings (SSSR count). The van der Waals surface area contributed by atoms with E-state index in [1.165, 1.54) is 97.4 Å². The summed E-state index contributed by atoms with van der Waals surface area (Å²) in [5.41, 5.74) is 0.738. The van der Waals surface area contributed by atoms with Gasteiger partial charge in [-0.2, -0.15) is 0 Å². The third-order valence-corrected chi connectivity index (χ3v) is 8.70. The van der Waals surface area contributed by atoms with Crippen LogP contribution in [0.25, 0.3) is 0 Å². The summed E-state index contributed by atoms with van der Waals surface area (Å²) >= 11 is 0. The lowest BCUT2D eigenvalue weighted by Gasteiger charge is -2.54. The van der Waals surface area contributed by atoms with Crippen LogP contribution in [0.5, 0.6) is 0 Å². The number of piperazine rings is 1. The maximum absolute atomic E-state index is 2.82. The first-order chi connectivity index (χ1) is 13.4. The lowest BCUT2D eigenvalue weighted by atomic mass is 9.57. The molecule has 4 heteroatoms. The van der Waals surface area contributed by atoms with E-state index in [1.54, 1.807) is 0 Å². The highest BCUT2D eigenvalue weighted by molar-refractivity contribution is 4.98. The van der Waals surface area contributed by atoms with E-state index < -0.39 is 0 Å².